The maximum absolute atomic E-state index is 4.66. The van der Waals surface area contributed by atoms with Gasteiger partial charge in [-0.15, -0.1) is 11.3 Å². The molecule has 0 fully saturated rings. The highest BCUT2D eigenvalue weighted by molar-refractivity contribution is 9.09. The Balaban J connectivity index is 2.21. The van der Waals surface area contributed by atoms with Crippen LogP contribution in [0.2, 0.25) is 0 Å². The Morgan fingerprint density at radius 3 is 2.65 bits per heavy atom. The number of hydrogen-bond acceptors (Lipinski definition) is 3. The molecule has 1 aromatic rings. The molecule has 17 heavy (non-hydrogen) atoms. The fourth-order valence-electron chi connectivity index (χ4n) is 1.45. The van der Waals surface area contributed by atoms with Crippen molar-refractivity contribution in [3.8, 4) is 0 Å². The quantitative estimate of drug-likeness (QED) is 0.605. The van der Waals surface area contributed by atoms with Crippen molar-refractivity contribution in [2.75, 3.05) is 11.9 Å². The summed E-state index contributed by atoms with van der Waals surface area (Å²) in [5.41, 5.74) is 1.38. The Morgan fingerprint density at radius 2 is 2.06 bits per heavy atom. The second kappa shape index (κ2) is 7.49. The molecule has 0 saturated heterocycles. The molecule has 0 aliphatic carbocycles. The van der Waals surface area contributed by atoms with Crippen molar-refractivity contribution < 1.29 is 0 Å². The third-order valence-electron chi connectivity index (χ3n) is 2.58. The van der Waals surface area contributed by atoms with Crippen LogP contribution in [0.15, 0.2) is 5.38 Å². The standard InChI is InChI=1S/C13H23BrN2S/c1-13(2,3)11-10-17-12(16-11)9-15-8-6-4-5-7-14/h10,15H,4-9H2,1-3H3. The average Bonchev–Trinajstić information content (AvgIpc) is 2.71. The normalized spacial score (nSPS) is 12.0. The number of rotatable bonds is 7. The summed E-state index contributed by atoms with van der Waals surface area (Å²) in [4.78, 5) is 4.66. The van der Waals surface area contributed by atoms with Crippen LogP contribution in [0, 0.1) is 0 Å². The topological polar surface area (TPSA) is 24.9 Å². The van der Waals surface area contributed by atoms with Crippen LogP contribution in [0.4, 0.5) is 0 Å². The molecule has 1 N–H and O–H groups in total. The minimum Gasteiger partial charge on any atom is -0.310 e. The lowest BCUT2D eigenvalue weighted by Gasteiger charge is -2.14. The van der Waals surface area contributed by atoms with Crippen molar-refractivity contribution in [1.82, 2.24) is 10.3 Å². The van der Waals surface area contributed by atoms with Crippen LogP contribution in [0.1, 0.15) is 50.7 Å². The summed E-state index contributed by atoms with van der Waals surface area (Å²) in [7, 11) is 0. The maximum Gasteiger partial charge on any atom is 0.107 e. The van der Waals surface area contributed by atoms with E-state index in [1.165, 1.54) is 30.0 Å². The second-order valence-corrected chi connectivity index (χ2v) is 7.04. The van der Waals surface area contributed by atoms with Gasteiger partial charge in [-0.05, 0) is 19.4 Å². The van der Waals surface area contributed by atoms with Crippen LogP contribution in [-0.2, 0) is 12.0 Å². The van der Waals surface area contributed by atoms with E-state index in [2.05, 4.69) is 52.4 Å². The van der Waals surface area contributed by atoms with E-state index in [9.17, 15) is 0 Å². The highest BCUT2D eigenvalue weighted by Crippen LogP contribution is 2.23. The van der Waals surface area contributed by atoms with Gasteiger partial charge in [0, 0.05) is 22.7 Å². The number of halogens is 1. The molecule has 1 rings (SSSR count). The van der Waals surface area contributed by atoms with Crippen LogP contribution in [0.3, 0.4) is 0 Å². The number of alkyl halides is 1. The van der Waals surface area contributed by atoms with E-state index in [1.807, 2.05) is 0 Å². The molecule has 2 nitrogen and oxygen atoms in total. The predicted octanol–water partition coefficient (Wildman–Crippen LogP) is 4.10. The van der Waals surface area contributed by atoms with E-state index < -0.39 is 0 Å². The van der Waals surface area contributed by atoms with E-state index in [4.69, 9.17) is 0 Å². The molecule has 0 aromatic carbocycles. The van der Waals surface area contributed by atoms with Crippen molar-refractivity contribution in [3.63, 3.8) is 0 Å². The van der Waals surface area contributed by atoms with Gasteiger partial charge in [0.1, 0.15) is 5.01 Å². The molecule has 0 spiro atoms. The lowest BCUT2D eigenvalue weighted by molar-refractivity contribution is 0.566. The molecule has 0 amide bonds. The van der Waals surface area contributed by atoms with Crippen LogP contribution in [0.25, 0.3) is 0 Å². The fourth-order valence-corrected chi connectivity index (χ4v) is 2.84. The van der Waals surface area contributed by atoms with Crippen molar-refractivity contribution in [2.24, 2.45) is 0 Å². The molecule has 0 saturated carbocycles. The van der Waals surface area contributed by atoms with Crippen molar-refractivity contribution >= 4 is 27.3 Å². The third kappa shape index (κ3) is 5.98. The van der Waals surface area contributed by atoms with Gasteiger partial charge in [0.05, 0.1) is 5.69 Å². The van der Waals surface area contributed by atoms with Crippen molar-refractivity contribution in [3.05, 3.63) is 16.1 Å². The van der Waals surface area contributed by atoms with Gasteiger partial charge in [-0.2, -0.15) is 0 Å². The van der Waals surface area contributed by atoms with E-state index in [1.54, 1.807) is 11.3 Å². The number of nitrogens with one attached hydrogen (secondary N) is 1. The number of unbranched alkanes of at least 4 members (excludes halogenated alkanes) is 2. The summed E-state index contributed by atoms with van der Waals surface area (Å²) < 4.78 is 0. The molecule has 0 bridgehead atoms. The van der Waals surface area contributed by atoms with Gasteiger partial charge in [-0.25, -0.2) is 4.98 Å². The van der Waals surface area contributed by atoms with Gasteiger partial charge in [0.15, 0.2) is 0 Å². The minimum atomic E-state index is 0.171. The second-order valence-electron chi connectivity index (χ2n) is 5.30. The fraction of sp³-hybridized carbons (Fsp3) is 0.769. The zero-order valence-electron chi connectivity index (χ0n) is 11.1. The zero-order valence-corrected chi connectivity index (χ0v) is 13.5. The SMILES string of the molecule is CC(C)(C)c1csc(CNCCCCCBr)n1. The molecule has 0 atom stereocenters. The Hall–Kier alpha value is 0.0700. The first-order valence-corrected chi connectivity index (χ1v) is 8.25. The van der Waals surface area contributed by atoms with Gasteiger partial charge >= 0.3 is 0 Å². The zero-order chi connectivity index (χ0) is 12.7. The number of aromatic nitrogens is 1. The Morgan fingerprint density at radius 1 is 1.29 bits per heavy atom. The maximum atomic E-state index is 4.66. The average molecular weight is 319 g/mol. The molecular formula is C13H23BrN2S. The van der Waals surface area contributed by atoms with Crippen LogP contribution in [0.5, 0.6) is 0 Å². The Bertz CT molecular complexity index is 317. The Kier molecular flexibility index (Phi) is 6.67. The smallest absolute Gasteiger partial charge is 0.107 e. The van der Waals surface area contributed by atoms with Crippen LogP contribution in [-0.4, -0.2) is 16.9 Å². The molecule has 4 heteroatoms. The van der Waals surface area contributed by atoms with E-state index in [-0.39, 0.29) is 5.41 Å². The summed E-state index contributed by atoms with van der Waals surface area (Å²) in [5, 5.41) is 7.96. The summed E-state index contributed by atoms with van der Waals surface area (Å²) in [5.74, 6) is 0. The lowest BCUT2D eigenvalue weighted by Crippen LogP contribution is -2.16. The van der Waals surface area contributed by atoms with Crippen LogP contribution < -0.4 is 5.32 Å². The first-order chi connectivity index (χ1) is 8.04. The summed E-state index contributed by atoms with van der Waals surface area (Å²) in [6, 6.07) is 0. The van der Waals surface area contributed by atoms with Gasteiger partial charge in [-0.3, -0.25) is 0 Å². The molecule has 0 aliphatic heterocycles. The van der Waals surface area contributed by atoms with E-state index in [0.717, 1.165) is 18.4 Å². The number of nitrogens with zero attached hydrogens (tertiary/aromatic N) is 1. The lowest BCUT2D eigenvalue weighted by atomic mass is 9.93. The summed E-state index contributed by atoms with van der Waals surface area (Å²) in [6.45, 7) is 8.63. The highest BCUT2D eigenvalue weighted by atomic mass is 79.9. The summed E-state index contributed by atoms with van der Waals surface area (Å²) >= 11 is 5.21. The van der Waals surface area contributed by atoms with Gasteiger partial charge in [-0.1, -0.05) is 43.1 Å². The highest BCUT2D eigenvalue weighted by Gasteiger charge is 2.16. The summed E-state index contributed by atoms with van der Waals surface area (Å²) in [6.07, 6.45) is 3.82. The molecule has 98 valence electrons. The first kappa shape index (κ1) is 15.1. The van der Waals surface area contributed by atoms with Gasteiger partial charge < -0.3 is 5.32 Å². The number of hydrogen-bond donors (Lipinski definition) is 1. The molecule has 1 aromatic heterocycles. The molecule has 1 heterocycles. The predicted molar refractivity (Wildman–Crippen MR) is 80.2 cm³/mol. The van der Waals surface area contributed by atoms with E-state index >= 15 is 0 Å². The van der Waals surface area contributed by atoms with E-state index in [0.29, 0.717) is 0 Å². The van der Waals surface area contributed by atoms with Gasteiger partial charge in [0.25, 0.3) is 0 Å². The van der Waals surface area contributed by atoms with Gasteiger partial charge in [0.2, 0.25) is 0 Å². The van der Waals surface area contributed by atoms with Crippen molar-refractivity contribution in [1.29, 1.82) is 0 Å². The molecule has 0 unspecified atom stereocenters. The molecular weight excluding hydrogens is 296 g/mol. The largest absolute Gasteiger partial charge is 0.310 e. The third-order valence-corrected chi connectivity index (χ3v) is 3.99. The van der Waals surface area contributed by atoms with Crippen molar-refractivity contribution in [2.45, 2.75) is 52.0 Å². The molecule has 0 radical (unpaired) electrons. The molecule has 0 aliphatic rings. The number of thiazole rings is 1. The monoisotopic (exact) mass is 318 g/mol. The Labute approximate surface area is 117 Å². The minimum absolute atomic E-state index is 0.171. The first-order valence-electron chi connectivity index (χ1n) is 6.25. The van der Waals surface area contributed by atoms with Crippen LogP contribution >= 0.6 is 27.3 Å².